The van der Waals surface area contributed by atoms with Crippen molar-refractivity contribution in [2.24, 2.45) is 5.73 Å². The van der Waals surface area contributed by atoms with Crippen molar-refractivity contribution >= 4 is 17.7 Å². The number of carbonyl (C=O) groups is 3. The molecular formula is C27H34N4O3. The lowest BCUT2D eigenvalue weighted by molar-refractivity contribution is -0.141. The molecule has 1 heterocycles. The standard InChI is InChI=1S/C27H34N4O3/c1-19-7-10-21(11-8-19)27(34)31-18-17-30(24(32)16-9-20-5-3-2-4-6-20)26(31)25(33)29-23-14-12-22(28)13-15-23/h2-8,10-11,22-23,26H,9,12-18,28H2,1H3,(H,29,33). The van der Waals surface area contributed by atoms with E-state index in [9.17, 15) is 14.4 Å². The molecule has 34 heavy (non-hydrogen) atoms. The average molecular weight is 463 g/mol. The van der Waals surface area contributed by atoms with Crippen molar-refractivity contribution in [2.75, 3.05) is 13.1 Å². The number of hydrogen-bond donors (Lipinski definition) is 2. The van der Waals surface area contributed by atoms with Crippen LogP contribution >= 0.6 is 0 Å². The summed E-state index contributed by atoms with van der Waals surface area (Å²) in [5.41, 5.74) is 8.66. The summed E-state index contributed by atoms with van der Waals surface area (Å²) in [7, 11) is 0. The molecule has 7 heteroatoms. The number of aryl methyl sites for hydroxylation is 2. The van der Waals surface area contributed by atoms with Crippen LogP contribution in [-0.2, 0) is 16.0 Å². The molecule has 2 aromatic rings. The predicted octanol–water partition coefficient (Wildman–Crippen LogP) is 2.62. The number of rotatable bonds is 6. The van der Waals surface area contributed by atoms with Crippen LogP contribution in [0.15, 0.2) is 54.6 Å². The molecule has 1 saturated heterocycles. The molecule has 0 bridgehead atoms. The lowest BCUT2D eigenvalue weighted by Gasteiger charge is -2.33. The molecule has 7 nitrogen and oxygen atoms in total. The third-order valence-electron chi connectivity index (χ3n) is 6.88. The van der Waals surface area contributed by atoms with Gasteiger partial charge in [0.1, 0.15) is 0 Å². The summed E-state index contributed by atoms with van der Waals surface area (Å²) in [5.74, 6) is -0.635. The van der Waals surface area contributed by atoms with Gasteiger partial charge in [-0.3, -0.25) is 14.4 Å². The third kappa shape index (κ3) is 5.65. The minimum Gasteiger partial charge on any atom is -0.350 e. The minimum absolute atomic E-state index is 0.0190. The van der Waals surface area contributed by atoms with Crippen molar-refractivity contribution in [2.45, 2.75) is 63.7 Å². The van der Waals surface area contributed by atoms with Crippen LogP contribution < -0.4 is 11.1 Å². The van der Waals surface area contributed by atoms with Gasteiger partial charge in [0, 0.05) is 37.2 Å². The van der Waals surface area contributed by atoms with Gasteiger partial charge in [0.2, 0.25) is 5.91 Å². The van der Waals surface area contributed by atoms with Crippen molar-refractivity contribution in [1.29, 1.82) is 0 Å². The molecule has 3 N–H and O–H groups in total. The Balaban J connectivity index is 1.50. The SMILES string of the molecule is Cc1ccc(C(=O)N2CCN(C(=O)CCc3ccccc3)C2C(=O)NC2CCC(N)CC2)cc1. The van der Waals surface area contributed by atoms with Gasteiger partial charge in [0.15, 0.2) is 6.17 Å². The number of benzene rings is 2. The topological polar surface area (TPSA) is 95.7 Å². The van der Waals surface area contributed by atoms with Crippen LogP contribution in [0.25, 0.3) is 0 Å². The van der Waals surface area contributed by atoms with Crippen LogP contribution in [0.2, 0.25) is 0 Å². The fourth-order valence-electron chi connectivity index (χ4n) is 4.83. The van der Waals surface area contributed by atoms with Gasteiger partial charge in [-0.1, -0.05) is 48.0 Å². The molecule has 1 saturated carbocycles. The molecule has 2 aliphatic rings. The lowest BCUT2D eigenvalue weighted by Crippen LogP contribution is -2.56. The van der Waals surface area contributed by atoms with Gasteiger partial charge in [0.05, 0.1) is 0 Å². The summed E-state index contributed by atoms with van der Waals surface area (Å²) < 4.78 is 0. The number of hydrogen-bond acceptors (Lipinski definition) is 4. The number of nitrogens with zero attached hydrogens (tertiary/aromatic N) is 2. The molecule has 0 aromatic heterocycles. The van der Waals surface area contributed by atoms with Crippen LogP contribution in [0.3, 0.4) is 0 Å². The van der Waals surface area contributed by atoms with Crippen LogP contribution in [0.1, 0.15) is 53.6 Å². The highest BCUT2D eigenvalue weighted by Crippen LogP contribution is 2.23. The van der Waals surface area contributed by atoms with Crippen molar-refractivity contribution < 1.29 is 14.4 Å². The zero-order valence-corrected chi connectivity index (χ0v) is 19.8. The zero-order valence-electron chi connectivity index (χ0n) is 19.8. The van der Waals surface area contributed by atoms with E-state index in [-0.39, 0.29) is 29.8 Å². The molecule has 1 aliphatic carbocycles. The second kappa shape index (κ2) is 10.8. The predicted molar refractivity (Wildman–Crippen MR) is 131 cm³/mol. The maximum atomic E-state index is 13.5. The van der Waals surface area contributed by atoms with E-state index in [1.807, 2.05) is 49.4 Å². The van der Waals surface area contributed by atoms with Crippen LogP contribution in [0, 0.1) is 6.92 Å². The number of carbonyl (C=O) groups excluding carboxylic acids is 3. The monoisotopic (exact) mass is 462 g/mol. The van der Waals surface area contributed by atoms with E-state index >= 15 is 0 Å². The molecule has 0 spiro atoms. The Morgan fingerprint density at radius 3 is 2.24 bits per heavy atom. The van der Waals surface area contributed by atoms with E-state index in [0.29, 0.717) is 31.5 Å². The maximum absolute atomic E-state index is 13.5. The Hall–Kier alpha value is -3.19. The van der Waals surface area contributed by atoms with E-state index in [1.54, 1.807) is 17.0 Å². The molecule has 2 aromatic carbocycles. The van der Waals surface area contributed by atoms with E-state index in [2.05, 4.69) is 5.32 Å². The van der Waals surface area contributed by atoms with E-state index in [0.717, 1.165) is 36.8 Å². The normalized spacial score (nSPS) is 22.5. The summed E-state index contributed by atoms with van der Waals surface area (Å²) in [6.07, 6.45) is 3.30. The smallest absolute Gasteiger partial charge is 0.264 e. The number of amides is 3. The van der Waals surface area contributed by atoms with Crippen molar-refractivity contribution in [3.63, 3.8) is 0 Å². The molecular weight excluding hydrogens is 428 g/mol. The quantitative estimate of drug-likeness (QED) is 0.690. The first kappa shape index (κ1) is 24.0. The summed E-state index contributed by atoms with van der Waals surface area (Å²) >= 11 is 0. The molecule has 1 atom stereocenters. The Morgan fingerprint density at radius 1 is 0.912 bits per heavy atom. The van der Waals surface area contributed by atoms with Crippen molar-refractivity contribution in [1.82, 2.24) is 15.1 Å². The summed E-state index contributed by atoms with van der Waals surface area (Å²) in [4.78, 5) is 43.1. The molecule has 4 rings (SSSR count). The molecule has 1 aliphatic heterocycles. The fraction of sp³-hybridized carbons (Fsp3) is 0.444. The van der Waals surface area contributed by atoms with Gasteiger partial charge < -0.3 is 20.9 Å². The van der Waals surface area contributed by atoms with Gasteiger partial charge in [-0.05, 0) is 56.7 Å². The van der Waals surface area contributed by atoms with E-state index < -0.39 is 6.17 Å². The molecule has 1 unspecified atom stereocenters. The molecule has 0 radical (unpaired) electrons. The highest BCUT2D eigenvalue weighted by Gasteiger charge is 2.43. The average Bonchev–Trinajstić information content (AvgIpc) is 3.30. The summed E-state index contributed by atoms with van der Waals surface area (Å²) in [6.45, 7) is 2.64. The van der Waals surface area contributed by atoms with Crippen LogP contribution in [0.4, 0.5) is 0 Å². The Labute approximate surface area is 201 Å². The van der Waals surface area contributed by atoms with Crippen LogP contribution in [0.5, 0.6) is 0 Å². The zero-order chi connectivity index (χ0) is 24.1. The van der Waals surface area contributed by atoms with Gasteiger partial charge in [-0.15, -0.1) is 0 Å². The van der Waals surface area contributed by atoms with Crippen molar-refractivity contribution in [3.05, 3.63) is 71.3 Å². The second-order valence-electron chi connectivity index (χ2n) is 9.43. The fourth-order valence-corrected chi connectivity index (χ4v) is 4.83. The largest absolute Gasteiger partial charge is 0.350 e. The van der Waals surface area contributed by atoms with Gasteiger partial charge in [-0.25, -0.2) is 0 Å². The lowest BCUT2D eigenvalue weighted by atomic mass is 9.92. The third-order valence-corrected chi connectivity index (χ3v) is 6.88. The summed E-state index contributed by atoms with van der Waals surface area (Å²) in [6, 6.07) is 17.3. The number of nitrogens with two attached hydrogens (primary N) is 1. The minimum atomic E-state index is -0.937. The highest BCUT2D eigenvalue weighted by atomic mass is 16.2. The first-order valence-electron chi connectivity index (χ1n) is 12.2. The Morgan fingerprint density at radius 2 is 1.56 bits per heavy atom. The van der Waals surface area contributed by atoms with Crippen molar-refractivity contribution in [3.8, 4) is 0 Å². The van der Waals surface area contributed by atoms with Gasteiger partial charge in [0.25, 0.3) is 11.8 Å². The Bertz CT molecular complexity index is 1000. The van der Waals surface area contributed by atoms with E-state index in [4.69, 9.17) is 5.73 Å². The van der Waals surface area contributed by atoms with Gasteiger partial charge in [-0.2, -0.15) is 0 Å². The molecule has 180 valence electrons. The number of nitrogens with one attached hydrogen (secondary N) is 1. The van der Waals surface area contributed by atoms with Gasteiger partial charge >= 0.3 is 0 Å². The molecule has 3 amide bonds. The first-order chi connectivity index (χ1) is 16.4. The Kier molecular flexibility index (Phi) is 7.63. The van der Waals surface area contributed by atoms with E-state index in [1.165, 1.54) is 4.90 Å². The summed E-state index contributed by atoms with van der Waals surface area (Å²) in [5, 5.41) is 3.10. The second-order valence-corrected chi connectivity index (χ2v) is 9.43. The van der Waals surface area contributed by atoms with Crippen LogP contribution in [-0.4, -0.2) is 58.9 Å². The molecule has 2 fully saturated rings. The highest BCUT2D eigenvalue weighted by molar-refractivity contribution is 5.99. The maximum Gasteiger partial charge on any atom is 0.264 e. The first-order valence-corrected chi connectivity index (χ1v) is 12.2.